The fraction of sp³-hybridized carbons (Fsp3) is 0.318. The normalized spacial score (nSPS) is 16.7. The molecule has 0 bridgehead atoms. The highest BCUT2D eigenvalue weighted by atomic mass is 32.1. The van der Waals surface area contributed by atoms with E-state index in [2.05, 4.69) is 25.5 Å². The number of pyridine rings is 1. The number of thiazole rings is 1. The lowest BCUT2D eigenvalue weighted by Gasteiger charge is -2.32. The van der Waals surface area contributed by atoms with Crippen LogP contribution in [0.25, 0.3) is 6.08 Å². The molecule has 4 heterocycles. The van der Waals surface area contributed by atoms with Crippen molar-refractivity contribution in [3.63, 3.8) is 0 Å². The summed E-state index contributed by atoms with van der Waals surface area (Å²) in [4.78, 5) is 23.1. The first-order chi connectivity index (χ1) is 14.7. The van der Waals surface area contributed by atoms with Gasteiger partial charge >= 0.3 is 0 Å². The summed E-state index contributed by atoms with van der Waals surface area (Å²) >= 11 is 1.59. The van der Waals surface area contributed by atoms with Crippen molar-refractivity contribution in [2.75, 3.05) is 18.4 Å². The third-order valence-corrected chi connectivity index (χ3v) is 5.79. The summed E-state index contributed by atoms with van der Waals surface area (Å²) in [5, 5.41) is 14.7. The van der Waals surface area contributed by atoms with Crippen LogP contribution in [-0.4, -0.2) is 44.1 Å². The summed E-state index contributed by atoms with van der Waals surface area (Å²) in [5.74, 6) is 1.84. The van der Waals surface area contributed by atoms with Crippen LogP contribution in [0.4, 0.5) is 11.6 Å². The SMILES string of the molecule is Cc1nc(C=CC(=O)N2CCCC(Cc3ccc(Nc4ccccn4)nn3)C2)cs1. The van der Waals surface area contributed by atoms with Crippen LogP contribution in [0, 0.1) is 12.8 Å². The molecule has 0 aromatic carbocycles. The Morgan fingerprint density at radius 1 is 1.27 bits per heavy atom. The topological polar surface area (TPSA) is 83.9 Å². The van der Waals surface area contributed by atoms with Gasteiger partial charge in [0.05, 0.1) is 16.4 Å². The van der Waals surface area contributed by atoms with Crippen molar-refractivity contribution in [1.82, 2.24) is 25.1 Å². The minimum Gasteiger partial charge on any atom is -0.339 e. The van der Waals surface area contributed by atoms with Crippen LogP contribution in [0.15, 0.2) is 48.0 Å². The van der Waals surface area contributed by atoms with E-state index in [1.807, 2.05) is 47.5 Å². The maximum absolute atomic E-state index is 12.6. The summed E-state index contributed by atoms with van der Waals surface area (Å²) in [5.41, 5.74) is 1.78. The number of anilines is 2. The Bertz CT molecular complexity index is 1000. The van der Waals surface area contributed by atoms with Crippen molar-refractivity contribution in [3.8, 4) is 0 Å². The molecule has 1 amide bonds. The van der Waals surface area contributed by atoms with Crippen molar-refractivity contribution in [2.24, 2.45) is 5.92 Å². The predicted molar refractivity (Wildman–Crippen MR) is 118 cm³/mol. The van der Waals surface area contributed by atoms with E-state index >= 15 is 0 Å². The largest absolute Gasteiger partial charge is 0.339 e. The van der Waals surface area contributed by atoms with Gasteiger partial charge < -0.3 is 10.2 Å². The minimum absolute atomic E-state index is 0.0475. The van der Waals surface area contributed by atoms with Gasteiger partial charge in [-0.05, 0) is 62.4 Å². The third-order valence-electron chi connectivity index (χ3n) is 5.00. The molecule has 1 N–H and O–H groups in total. The van der Waals surface area contributed by atoms with Crippen molar-refractivity contribution >= 4 is 35.0 Å². The predicted octanol–water partition coefficient (Wildman–Crippen LogP) is 3.87. The number of piperidine rings is 1. The van der Waals surface area contributed by atoms with Gasteiger partial charge in [0.25, 0.3) is 0 Å². The quantitative estimate of drug-likeness (QED) is 0.610. The van der Waals surface area contributed by atoms with Gasteiger partial charge in [0.1, 0.15) is 5.82 Å². The standard InChI is InChI=1S/C22H24N6OS/c1-16-24-19(15-30-16)8-10-22(29)28-12-4-5-17(14-28)13-18-7-9-21(27-26-18)25-20-6-2-3-11-23-20/h2-3,6-11,15,17H,4-5,12-14H2,1H3,(H,23,25,27). The number of hydrogen-bond donors (Lipinski definition) is 1. The Kier molecular flexibility index (Phi) is 6.44. The van der Waals surface area contributed by atoms with Crippen LogP contribution in [0.3, 0.4) is 0 Å². The molecule has 3 aromatic heterocycles. The maximum atomic E-state index is 12.6. The molecule has 0 spiro atoms. The molecule has 8 heteroatoms. The molecule has 154 valence electrons. The molecule has 0 radical (unpaired) electrons. The summed E-state index contributed by atoms with van der Waals surface area (Å²) in [6, 6.07) is 9.58. The maximum Gasteiger partial charge on any atom is 0.246 e. The number of rotatable bonds is 6. The first-order valence-electron chi connectivity index (χ1n) is 10.1. The van der Waals surface area contributed by atoms with Crippen LogP contribution < -0.4 is 5.32 Å². The number of likely N-dealkylation sites (tertiary alicyclic amines) is 1. The lowest BCUT2D eigenvalue weighted by molar-refractivity contribution is -0.127. The number of nitrogens with zero attached hydrogens (tertiary/aromatic N) is 5. The highest BCUT2D eigenvalue weighted by Crippen LogP contribution is 2.21. The Hall–Kier alpha value is -3.13. The molecular formula is C22H24N6OS. The van der Waals surface area contributed by atoms with Gasteiger partial charge in [-0.25, -0.2) is 9.97 Å². The Labute approximate surface area is 179 Å². The van der Waals surface area contributed by atoms with Crippen molar-refractivity contribution in [3.05, 3.63) is 64.4 Å². The van der Waals surface area contributed by atoms with Gasteiger partial charge in [-0.15, -0.1) is 16.4 Å². The molecule has 0 saturated carbocycles. The van der Waals surface area contributed by atoms with Gasteiger partial charge in [0.2, 0.25) is 5.91 Å². The van der Waals surface area contributed by atoms with Crippen molar-refractivity contribution in [2.45, 2.75) is 26.2 Å². The number of carbonyl (C=O) groups excluding carboxylic acids is 1. The van der Waals surface area contributed by atoms with Crippen molar-refractivity contribution in [1.29, 1.82) is 0 Å². The average molecular weight is 421 g/mol. The lowest BCUT2D eigenvalue weighted by Crippen LogP contribution is -2.39. The highest BCUT2D eigenvalue weighted by molar-refractivity contribution is 7.09. The summed E-state index contributed by atoms with van der Waals surface area (Å²) in [6.45, 7) is 3.51. The van der Waals surface area contributed by atoms with Crippen molar-refractivity contribution < 1.29 is 4.79 Å². The number of amides is 1. The average Bonchev–Trinajstić information content (AvgIpc) is 3.19. The van der Waals surface area contributed by atoms with Gasteiger partial charge in [0.15, 0.2) is 5.82 Å². The number of aryl methyl sites for hydroxylation is 1. The van der Waals surface area contributed by atoms with Crippen LogP contribution in [-0.2, 0) is 11.2 Å². The van der Waals surface area contributed by atoms with Crippen LogP contribution >= 0.6 is 11.3 Å². The zero-order valence-corrected chi connectivity index (χ0v) is 17.7. The lowest BCUT2D eigenvalue weighted by atomic mass is 9.93. The molecule has 1 saturated heterocycles. The number of carbonyl (C=O) groups is 1. The molecule has 3 aromatic rings. The fourth-order valence-corrected chi connectivity index (χ4v) is 4.13. The van der Waals surface area contributed by atoms with E-state index < -0.39 is 0 Å². The number of hydrogen-bond acceptors (Lipinski definition) is 7. The third kappa shape index (κ3) is 5.48. The van der Waals surface area contributed by atoms with Crippen LogP contribution in [0.1, 0.15) is 29.2 Å². The zero-order valence-electron chi connectivity index (χ0n) is 16.9. The molecule has 0 aliphatic carbocycles. The van der Waals surface area contributed by atoms with E-state index in [0.717, 1.165) is 54.6 Å². The van der Waals surface area contributed by atoms with E-state index in [9.17, 15) is 4.79 Å². The smallest absolute Gasteiger partial charge is 0.246 e. The molecule has 4 rings (SSSR count). The first-order valence-corrected chi connectivity index (χ1v) is 10.9. The summed E-state index contributed by atoms with van der Waals surface area (Å²) in [6.07, 6.45) is 8.08. The number of nitrogens with one attached hydrogen (secondary N) is 1. The Morgan fingerprint density at radius 3 is 2.93 bits per heavy atom. The second-order valence-corrected chi connectivity index (χ2v) is 8.43. The van der Waals surface area contributed by atoms with Gasteiger partial charge in [-0.2, -0.15) is 5.10 Å². The van der Waals surface area contributed by atoms with Gasteiger partial charge in [0, 0.05) is 30.7 Å². The van der Waals surface area contributed by atoms with E-state index in [4.69, 9.17) is 0 Å². The molecule has 1 unspecified atom stereocenters. The first kappa shape index (κ1) is 20.2. The second-order valence-electron chi connectivity index (χ2n) is 7.37. The van der Waals surface area contributed by atoms with E-state index in [1.165, 1.54) is 0 Å². The summed E-state index contributed by atoms with van der Waals surface area (Å²) < 4.78 is 0. The summed E-state index contributed by atoms with van der Waals surface area (Å²) in [7, 11) is 0. The van der Waals surface area contributed by atoms with Crippen LogP contribution in [0.2, 0.25) is 0 Å². The van der Waals surface area contributed by atoms with Gasteiger partial charge in [-0.1, -0.05) is 6.07 Å². The Balaban J connectivity index is 1.31. The molecule has 1 fully saturated rings. The highest BCUT2D eigenvalue weighted by Gasteiger charge is 2.23. The van der Waals surface area contributed by atoms with Gasteiger partial charge in [-0.3, -0.25) is 4.79 Å². The van der Waals surface area contributed by atoms with E-state index in [1.54, 1.807) is 29.7 Å². The molecule has 1 atom stereocenters. The second kappa shape index (κ2) is 9.58. The molecular weight excluding hydrogens is 396 g/mol. The fourth-order valence-electron chi connectivity index (χ4n) is 3.55. The molecule has 7 nitrogen and oxygen atoms in total. The molecule has 30 heavy (non-hydrogen) atoms. The minimum atomic E-state index is 0.0475. The Morgan fingerprint density at radius 2 is 2.20 bits per heavy atom. The molecule has 1 aliphatic heterocycles. The number of aromatic nitrogens is 4. The van der Waals surface area contributed by atoms with E-state index in [0.29, 0.717) is 11.7 Å². The molecule has 1 aliphatic rings. The van der Waals surface area contributed by atoms with E-state index in [-0.39, 0.29) is 5.91 Å². The monoisotopic (exact) mass is 420 g/mol. The van der Waals surface area contributed by atoms with Crippen LogP contribution in [0.5, 0.6) is 0 Å². The zero-order chi connectivity index (χ0) is 20.8.